The third-order valence-corrected chi connectivity index (χ3v) is 5.82. The third kappa shape index (κ3) is 3.35. The fourth-order valence-electron chi connectivity index (χ4n) is 4.38. The Balaban J connectivity index is 1.52. The highest BCUT2D eigenvalue weighted by molar-refractivity contribution is 5.79. The SMILES string of the molecule is COc1ccccc1Cn1ncc2c1CCCC2NC(=O)C1CCCC1. The lowest BCUT2D eigenvalue weighted by Gasteiger charge is -2.25. The lowest BCUT2D eigenvalue weighted by Crippen LogP contribution is -2.34. The van der Waals surface area contributed by atoms with Crippen LogP contribution in [0.5, 0.6) is 5.75 Å². The maximum Gasteiger partial charge on any atom is 0.223 e. The molecule has 1 unspecified atom stereocenters. The van der Waals surface area contributed by atoms with Crippen molar-refractivity contribution >= 4 is 5.91 Å². The van der Waals surface area contributed by atoms with Crippen LogP contribution < -0.4 is 10.1 Å². The van der Waals surface area contributed by atoms with Crippen molar-refractivity contribution in [2.45, 2.75) is 57.5 Å². The number of rotatable bonds is 5. The van der Waals surface area contributed by atoms with Crippen LogP contribution in [0.25, 0.3) is 0 Å². The number of fused-ring (bicyclic) bond motifs is 1. The Bertz CT molecular complexity index is 777. The van der Waals surface area contributed by atoms with E-state index in [1.165, 1.54) is 24.1 Å². The Hall–Kier alpha value is -2.30. The summed E-state index contributed by atoms with van der Waals surface area (Å²) >= 11 is 0. The first-order valence-electron chi connectivity index (χ1n) is 9.73. The average Bonchev–Trinajstić information content (AvgIpc) is 3.33. The van der Waals surface area contributed by atoms with Gasteiger partial charge in [0.25, 0.3) is 0 Å². The molecule has 2 aromatic rings. The monoisotopic (exact) mass is 353 g/mol. The molecular weight excluding hydrogens is 326 g/mol. The molecular formula is C21H27N3O2. The summed E-state index contributed by atoms with van der Waals surface area (Å²) in [6.45, 7) is 0.697. The van der Waals surface area contributed by atoms with Gasteiger partial charge >= 0.3 is 0 Å². The summed E-state index contributed by atoms with van der Waals surface area (Å²) in [6.07, 6.45) is 9.50. The Morgan fingerprint density at radius 1 is 1.23 bits per heavy atom. The van der Waals surface area contributed by atoms with Crippen molar-refractivity contribution in [3.63, 3.8) is 0 Å². The average molecular weight is 353 g/mol. The molecule has 0 spiro atoms. The van der Waals surface area contributed by atoms with Crippen LogP contribution in [0.2, 0.25) is 0 Å². The number of nitrogens with one attached hydrogen (secondary N) is 1. The molecule has 0 bridgehead atoms. The number of methoxy groups -OCH3 is 1. The molecule has 5 heteroatoms. The second kappa shape index (κ2) is 7.52. The molecule has 4 rings (SSSR count). The maximum absolute atomic E-state index is 12.5. The summed E-state index contributed by atoms with van der Waals surface area (Å²) in [5, 5.41) is 7.93. The Morgan fingerprint density at radius 2 is 2.04 bits per heavy atom. The molecule has 1 aromatic heterocycles. The summed E-state index contributed by atoms with van der Waals surface area (Å²) in [5.74, 6) is 1.33. The molecule has 1 fully saturated rings. The van der Waals surface area contributed by atoms with Gasteiger partial charge in [0.15, 0.2) is 0 Å². The number of ether oxygens (including phenoxy) is 1. The highest BCUT2D eigenvalue weighted by Gasteiger charge is 2.29. The van der Waals surface area contributed by atoms with E-state index in [2.05, 4.69) is 21.2 Å². The Labute approximate surface area is 154 Å². The van der Waals surface area contributed by atoms with E-state index in [0.29, 0.717) is 6.54 Å². The summed E-state index contributed by atoms with van der Waals surface area (Å²) in [7, 11) is 1.70. The molecule has 2 aliphatic rings. The molecule has 1 atom stereocenters. The number of amides is 1. The molecule has 138 valence electrons. The number of para-hydroxylation sites is 1. The summed E-state index contributed by atoms with van der Waals surface area (Å²) in [4.78, 5) is 12.5. The van der Waals surface area contributed by atoms with Crippen LogP contribution in [0.15, 0.2) is 30.5 Å². The largest absolute Gasteiger partial charge is 0.496 e. The van der Waals surface area contributed by atoms with Gasteiger partial charge in [-0.15, -0.1) is 0 Å². The van der Waals surface area contributed by atoms with E-state index in [-0.39, 0.29) is 17.9 Å². The van der Waals surface area contributed by atoms with E-state index in [1.807, 2.05) is 24.4 Å². The lowest BCUT2D eigenvalue weighted by molar-refractivity contribution is -0.125. The van der Waals surface area contributed by atoms with Crippen molar-refractivity contribution in [1.29, 1.82) is 0 Å². The van der Waals surface area contributed by atoms with Gasteiger partial charge in [0.2, 0.25) is 5.91 Å². The second-order valence-electron chi connectivity index (χ2n) is 7.45. The van der Waals surface area contributed by atoms with Crippen LogP contribution in [0.4, 0.5) is 0 Å². The van der Waals surface area contributed by atoms with E-state index in [1.54, 1.807) is 7.11 Å². The van der Waals surface area contributed by atoms with Crippen LogP contribution in [0, 0.1) is 5.92 Å². The predicted molar refractivity (Wildman–Crippen MR) is 100 cm³/mol. The summed E-state index contributed by atoms with van der Waals surface area (Å²) < 4.78 is 7.54. The van der Waals surface area contributed by atoms with Gasteiger partial charge in [0, 0.05) is 22.7 Å². The minimum absolute atomic E-state index is 0.110. The van der Waals surface area contributed by atoms with E-state index < -0.39 is 0 Å². The Morgan fingerprint density at radius 3 is 2.85 bits per heavy atom. The van der Waals surface area contributed by atoms with Gasteiger partial charge in [-0.25, -0.2) is 0 Å². The van der Waals surface area contributed by atoms with Gasteiger partial charge in [-0.05, 0) is 38.2 Å². The number of carbonyl (C=O) groups is 1. The topological polar surface area (TPSA) is 56.1 Å². The fraction of sp³-hybridized carbons (Fsp3) is 0.524. The number of aromatic nitrogens is 2. The van der Waals surface area contributed by atoms with Crippen LogP contribution in [-0.4, -0.2) is 22.8 Å². The van der Waals surface area contributed by atoms with Crippen molar-refractivity contribution in [3.8, 4) is 5.75 Å². The van der Waals surface area contributed by atoms with Gasteiger partial charge < -0.3 is 10.1 Å². The van der Waals surface area contributed by atoms with Crippen molar-refractivity contribution in [2.75, 3.05) is 7.11 Å². The Kier molecular flexibility index (Phi) is 4.96. The molecule has 26 heavy (non-hydrogen) atoms. The lowest BCUT2D eigenvalue weighted by atomic mass is 9.92. The van der Waals surface area contributed by atoms with E-state index in [4.69, 9.17) is 4.74 Å². The second-order valence-corrected chi connectivity index (χ2v) is 7.45. The molecule has 2 aliphatic carbocycles. The summed E-state index contributed by atoms with van der Waals surface area (Å²) in [5.41, 5.74) is 3.56. The van der Waals surface area contributed by atoms with Crippen LogP contribution in [0.1, 0.15) is 61.4 Å². The molecule has 1 amide bonds. The molecule has 1 aromatic carbocycles. The van der Waals surface area contributed by atoms with Crippen molar-refractivity contribution in [3.05, 3.63) is 47.3 Å². The third-order valence-electron chi connectivity index (χ3n) is 5.82. The minimum Gasteiger partial charge on any atom is -0.496 e. The standard InChI is InChI=1S/C21H27N3O2/c1-26-20-12-5-4-9-16(20)14-24-19-11-6-10-18(17(19)13-22-24)23-21(25)15-7-2-3-8-15/h4-5,9,12-13,15,18H,2-3,6-8,10-11,14H2,1H3,(H,23,25). The molecule has 1 heterocycles. The smallest absolute Gasteiger partial charge is 0.223 e. The number of carbonyl (C=O) groups excluding carboxylic acids is 1. The molecule has 1 saturated carbocycles. The van der Waals surface area contributed by atoms with Crippen molar-refractivity contribution in [2.24, 2.45) is 5.92 Å². The first-order chi connectivity index (χ1) is 12.8. The number of benzene rings is 1. The quantitative estimate of drug-likeness (QED) is 0.893. The molecule has 1 N–H and O–H groups in total. The fourth-order valence-corrected chi connectivity index (χ4v) is 4.38. The molecule has 0 radical (unpaired) electrons. The predicted octanol–water partition coefficient (Wildman–Crippen LogP) is 3.62. The highest BCUT2D eigenvalue weighted by atomic mass is 16.5. The highest BCUT2D eigenvalue weighted by Crippen LogP contribution is 2.32. The number of hydrogen-bond donors (Lipinski definition) is 1. The van der Waals surface area contributed by atoms with E-state index in [9.17, 15) is 4.79 Å². The van der Waals surface area contributed by atoms with Crippen LogP contribution in [-0.2, 0) is 17.8 Å². The van der Waals surface area contributed by atoms with Crippen molar-refractivity contribution < 1.29 is 9.53 Å². The van der Waals surface area contributed by atoms with Gasteiger partial charge in [-0.3, -0.25) is 9.48 Å². The first kappa shape index (κ1) is 17.1. The van der Waals surface area contributed by atoms with Crippen LogP contribution in [0.3, 0.4) is 0 Å². The van der Waals surface area contributed by atoms with Gasteiger partial charge in [-0.2, -0.15) is 5.10 Å². The minimum atomic E-state index is 0.110. The molecule has 0 saturated heterocycles. The zero-order valence-electron chi connectivity index (χ0n) is 15.4. The maximum atomic E-state index is 12.5. The zero-order valence-corrected chi connectivity index (χ0v) is 15.4. The number of nitrogens with zero attached hydrogens (tertiary/aromatic N) is 2. The van der Waals surface area contributed by atoms with Gasteiger partial charge in [0.05, 0.1) is 25.9 Å². The van der Waals surface area contributed by atoms with E-state index >= 15 is 0 Å². The first-order valence-corrected chi connectivity index (χ1v) is 9.73. The molecule has 0 aliphatic heterocycles. The normalized spacial score (nSPS) is 20.0. The van der Waals surface area contributed by atoms with Gasteiger partial charge in [0.1, 0.15) is 5.75 Å². The summed E-state index contributed by atoms with van der Waals surface area (Å²) in [6, 6.07) is 8.18. The van der Waals surface area contributed by atoms with Gasteiger partial charge in [-0.1, -0.05) is 31.0 Å². The van der Waals surface area contributed by atoms with E-state index in [0.717, 1.165) is 43.4 Å². The van der Waals surface area contributed by atoms with Crippen LogP contribution >= 0.6 is 0 Å². The molecule has 5 nitrogen and oxygen atoms in total. The zero-order chi connectivity index (χ0) is 17.9. The van der Waals surface area contributed by atoms with Crippen molar-refractivity contribution in [1.82, 2.24) is 15.1 Å². The number of hydrogen-bond acceptors (Lipinski definition) is 3.